The Hall–Kier alpha value is -1.76. The molecule has 9 heteroatoms. The minimum absolute atomic E-state index is 0.0362. The number of aromatic nitrogens is 2. The summed E-state index contributed by atoms with van der Waals surface area (Å²) in [7, 11) is 0. The van der Waals surface area contributed by atoms with Gasteiger partial charge in [0.25, 0.3) is 5.56 Å². The number of hydrogen-bond donors (Lipinski definition) is 1. The molecule has 1 fully saturated rings. The summed E-state index contributed by atoms with van der Waals surface area (Å²) in [5.74, 6) is 0.110. The SMILES string of the molecule is CC(C)(C)N1CC(Nc2ccc(-n3ncc(Cl)c(Cl)c3=O)cc2Cl)CC1=O. The van der Waals surface area contributed by atoms with Gasteiger partial charge in [-0.3, -0.25) is 9.59 Å². The van der Waals surface area contributed by atoms with E-state index in [1.165, 1.54) is 6.20 Å². The molecule has 2 aromatic rings. The van der Waals surface area contributed by atoms with Crippen molar-refractivity contribution < 1.29 is 4.79 Å². The number of anilines is 1. The lowest BCUT2D eigenvalue weighted by molar-refractivity contribution is -0.131. The van der Waals surface area contributed by atoms with Crippen LogP contribution in [0.5, 0.6) is 0 Å². The van der Waals surface area contributed by atoms with Gasteiger partial charge in [0.05, 0.1) is 33.7 Å². The lowest BCUT2D eigenvalue weighted by atomic mass is 10.1. The third kappa shape index (κ3) is 4.08. The molecule has 1 saturated heterocycles. The maximum atomic E-state index is 12.2. The zero-order chi connectivity index (χ0) is 19.9. The quantitative estimate of drug-likeness (QED) is 0.800. The van der Waals surface area contributed by atoms with Crippen molar-refractivity contribution in [2.45, 2.75) is 38.8 Å². The van der Waals surface area contributed by atoms with E-state index in [1.54, 1.807) is 18.2 Å². The van der Waals surface area contributed by atoms with Gasteiger partial charge in [0, 0.05) is 18.5 Å². The molecule has 0 saturated carbocycles. The van der Waals surface area contributed by atoms with Gasteiger partial charge in [-0.15, -0.1) is 0 Å². The minimum atomic E-state index is -0.525. The van der Waals surface area contributed by atoms with Gasteiger partial charge in [-0.25, -0.2) is 0 Å². The predicted octanol–water partition coefficient (Wildman–Crippen LogP) is 4.00. The largest absolute Gasteiger partial charge is 0.379 e. The molecule has 6 nitrogen and oxygen atoms in total. The molecule has 2 heterocycles. The standard InChI is InChI=1S/C18H19Cl3N4O2/c1-18(2,3)24-9-10(6-15(24)26)23-14-5-4-11(7-12(14)19)25-17(27)16(21)13(20)8-22-25/h4-5,7-8,10,23H,6,9H2,1-3H3. The third-order valence-electron chi connectivity index (χ3n) is 4.37. The Morgan fingerprint density at radius 3 is 2.44 bits per heavy atom. The summed E-state index contributed by atoms with van der Waals surface area (Å²) in [5.41, 5.74) is 0.403. The highest BCUT2D eigenvalue weighted by Gasteiger charge is 2.36. The van der Waals surface area contributed by atoms with E-state index in [1.807, 2.05) is 25.7 Å². The van der Waals surface area contributed by atoms with Gasteiger partial charge in [-0.1, -0.05) is 34.8 Å². The summed E-state index contributed by atoms with van der Waals surface area (Å²) in [6.07, 6.45) is 1.71. The zero-order valence-electron chi connectivity index (χ0n) is 15.1. The van der Waals surface area contributed by atoms with Crippen molar-refractivity contribution in [1.82, 2.24) is 14.7 Å². The molecule has 0 spiro atoms. The van der Waals surface area contributed by atoms with Crippen LogP contribution < -0.4 is 10.9 Å². The number of carbonyl (C=O) groups is 1. The molecule has 1 aromatic heterocycles. The Morgan fingerprint density at radius 2 is 1.85 bits per heavy atom. The zero-order valence-corrected chi connectivity index (χ0v) is 17.4. The Bertz CT molecular complexity index is 953. The molecule has 1 aromatic carbocycles. The van der Waals surface area contributed by atoms with Crippen molar-refractivity contribution in [3.63, 3.8) is 0 Å². The van der Waals surface area contributed by atoms with Crippen LogP contribution in [0.1, 0.15) is 27.2 Å². The monoisotopic (exact) mass is 428 g/mol. The molecule has 1 unspecified atom stereocenters. The van der Waals surface area contributed by atoms with E-state index in [0.29, 0.717) is 29.4 Å². The van der Waals surface area contributed by atoms with Crippen LogP contribution in [0.2, 0.25) is 15.1 Å². The lowest BCUT2D eigenvalue weighted by Crippen LogP contribution is -2.43. The number of halogens is 3. The summed E-state index contributed by atoms with van der Waals surface area (Å²) in [6.45, 7) is 6.64. The van der Waals surface area contributed by atoms with Crippen molar-refractivity contribution in [2.75, 3.05) is 11.9 Å². The fourth-order valence-electron chi connectivity index (χ4n) is 3.02. The van der Waals surface area contributed by atoms with Gasteiger partial charge < -0.3 is 10.2 Å². The van der Waals surface area contributed by atoms with Crippen LogP contribution in [-0.4, -0.2) is 38.7 Å². The molecule has 144 valence electrons. The first kappa shape index (κ1) is 20.0. The second-order valence-corrected chi connectivity index (χ2v) is 8.60. The predicted molar refractivity (Wildman–Crippen MR) is 108 cm³/mol. The van der Waals surface area contributed by atoms with Gasteiger partial charge in [-0.2, -0.15) is 9.78 Å². The van der Waals surface area contributed by atoms with Crippen LogP contribution in [0.25, 0.3) is 5.69 Å². The van der Waals surface area contributed by atoms with E-state index in [0.717, 1.165) is 4.68 Å². The number of amides is 1. The van der Waals surface area contributed by atoms with Crippen LogP contribution in [0.3, 0.4) is 0 Å². The smallest absolute Gasteiger partial charge is 0.291 e. The van der Waals surface area contributed by atoms with E-state index >= 15 is 0 Å². The van der Waals surface area contributed by atoms with Gasteiger partial charge in [0.1, 0.15) is 5.02 Å². The number of hydrogen-bond acceptors (Lipinski definition) is 4. The third-order valence-corrected chi connectivity index (χ3v) is 5.43. The molecule has 1 atom stereocenters. The van der Waals surface area contributed by atoms with Crippen LogP contribution in [0, 0.1) is 0 Å². The molecule has 0 radical (unpaired) electrons. The molecular weight excluding hydrogens is 411 g/mol. The summed E-state index contributed by atoms with van der Waals surface area (Å²) in [4.78, 5) is 26.3. The molecule has 1 aliphatic heterocycles. The Kier molecular flexibility index (Phi) is 5.43. The van der Waals surface area contributed by atoms with Crippen molar-refractivity contribution in [2.24, 2.45) is 0 Å². The molecule has 0 aliphatic carbocycles. The van der Waals surface area contributed by atoms with Crippen molar-refractivity contribution in [3.8, 4) is 5.69 Å². The van der Waals surface area contributed by atoms with Gasteiger partial charge in [-0.05, 0) is 39.0 Å². The van der Waals surface area contributed by atoms with E-state index in [9.17, 15) is 9.59 Å². The summed E-state index contributed by atoms with van der Waals surface area (Å²) in [5, 5.41) is 7.70. The van der Waals surface area contributed by atoms with E-state index in [2.05, 4.69) is 10.4 Å². The fraction of sp³-hybridized carbons (Fsp3) is 0.389. The fourth-order valence-corrected chi connectivity index (χ4v) is 3.50. The van der Waals surface area contributed by atoms with E-state index < -0.39 is 5.56 Å². The lowest BCUT2D eigenvalue weighted by Gasteiger charge is -2.32. The first-order valence-corrected chi connectivity index (χ1v) is 9.51. The summed E-state index contributed by atoms with van der Waals surface area (Å²) in [6, 6.07) is 5.02. The molecule has 1 N–H and O–H groups in total. The molecular formula is C18H19Cl3N4O2. The number of carbonyl (C=O) groups excluding carboxylic acids is 1. The highest BCUT2D eigenvalue weighted by molar-refractivity contribution is 6.41. The molecule has 0 bridgehead atoms. The number of nitrogens with zero attached hydrogens (tertiary/aromatic N) is 3. The van der Waals surface area contributed by atoms with Crippen LogP contribution in [0.15, 0.2) is 29.2 Å². The van der Waals surface area contributed by atoms with Gasteiger partial charge >= 0.3 is 0 Å². The topological polar surface area (TPSA) is 67.2 Å². The average molecular weight is 430 g/mol. The summed E-state index contributed by atoms with van der Waals surface area (Å²) < 4.78 is 1.13. The Labute approximate surface area is 172 Å². The molecule has 27 heavy (non-hydrogen) atoms. The minimum Gasteiger partial charge on any atom is -0.379 e. The average Bonchev–Trinajstić information content (AvgIpc) is 2.95. The van der Waals surface area contributed by atoms with Crippen LogP contribution in [-0.2, 0) is 4.79 Å². The highest BCUT2D eigenvalue weighted by Crippen LogP contribution is 2.29. The Morgan fingerprint density at radius 1 is 1.15 bits per heavy atom. The number of rotatable bonds is 3. The van der Waals surface area contributed by atoms with Crippen molar-refractivity contribution in [3.05, 3.63) is 49.8 Å². The van der Waals surface area contributed by atoms with Gasteiger partial charge in [0.15, 0.2) is 0 Å². The second-order valence-electron chi connectivity index (χ2n) is 7.41. The Balaban J connectivity index is 1.82. The van der Waals surface area contributed by atoms with E-state index in [4.69, 9.17) is 34.8 Å². The maximum absolute atomic E-state index is 12.2. The van der Waals surface area contributed by atoms with Crippen molar-refractivity contribution in [1.29, 1.82) is 0 Å². The molecule has 1 amide bonds. The first-order valence-electron chi connectivity index (χ1n) is 8.38. The maximum Gasteiger partial charge on any atom is 0.291 e. The van der Waals surface area contributed by atoms with Gasteiger partial charge in [0.2, 0.25) is 5.91 Å². The van der Waals surface area contributed by atoms with E-state index in [-0.39, 0.29) is 27.5 Å². The molecule has 1 aliphatic rings. The van der Waals surface area contributed by atoms with Crippen LogP contribution >= 0.6 is 34.8 Å². The normalized spacial score (nSPS) is 17.5. The second kappa shape index (κ2) is 7.34. The van der Waals surface area contributed by atoms with Crippen LogP contribution in [0.4, 0.5) is 5.69 Å². The highest BCUT2D eigenvalue weighted by atomic mass is 35.5. The number of likely N-dealkylation sites (tertiary alicyclic amines) is 1. The number of benzene rings is 1. The first-order chi connectivity index (χ1) is 12.6. The summed E-state index contributed by atoms with van der Waals surface area (Å²) >= 11 is 18.1. The number of nitrogens with one attached hydrogen (secondary N) is 1. The molecule has 3 rings (SSSR count). The van der Waals surface area contributed by atoms with Crippen molar-refractivity contribution >= 4 is 46.4 Å².